The number of nitriles is 1. The van der Waals surface area contributed by atoms with Crippen molar-refractivity contribution < 1.29 is 18.0 Å². The monoisotopic (exact) mass is 325 g/mol. The van der Waals surface area contributed by atoms with Crippen LogP contribution in [-0.4, -0.2) is 24.2 Å². The number of benzene rings is 1. The minimum atomic E-state index is -4.27. The number of halogens is 3. The summed E-state index contributed by atoms with van der Waals surface area (Å²) in [7, 11) is 0. The van der Waals surface area contributed by atoms with E-state index < -0.39 is 18.1 Å². The molecule has 0 radical (unpaired) electrons. The van der Waals surface area contributed by atoms with Gasteiger partial charge in [0.05, 0.1) is 19.0 Å². The fraction of sp³-hybridized carbons (Fsp3) is 0.500. The van der Waals surface area contributed by atoms with Crippen LogP contribution in [0.5, 0.6) is 0 Å². The van der Waals surface area contributed by atoms with Crippen LogP contribution in [0.15, 0.2) is 24.3 Å². The molecule has 0 aliphatic heterocycles. The van der Waals surface area contributed by atoms with Gasteiger partial charge in [-0.25, -0.2) is 0 Å². The summed E-state index contributed by atoms with van der Waals surface area (Å²) < 4.78 is 37.1. The van der Waals surface area contributed by atoms with Gasteiger partial charge < -0.3 is 10.6 Å². The molecule has 1 aromatic carbocycles. The summed E-state index contributed by atoms with van der Waals surface area (Å²) in [4.78, 5) is 11.9. The lowest BCUT2D eigenvalue weighted by atomic mass is 9.98. The number of amides is 1. The van der Waals surface area contributed by atoms with Crippen LogP contribution >= 0.6 is 0 Å². The first-order valence-electron chi connectivity index (χ1n) is 7.34. The average molecular weight is 325 g/mol. The molecular weight excluding hydrogens is 307 g/mol. The van der Waals surface area contributed by atoms with Crippen molar-refractivity contribution in [3.05, 3.63) is 29.8 Å². The van der Waals surface area contributed by atoms with Crippen LogP contribution in [0, 0.1) is 17.2 Å². The molecule has 4 nitrogen and oxygen atoms in total. The Bertz CT molecular complexity index is 620. The predicted octanol–water partition coefficient (Wildman–Crippen LogP) is 3.01. The maximum absolute atomic E-state index is 12.4. The summed E-state index contributed by atoms with van der Waals surface area (Å²) in [5.74, 6) is -0.186. The molecule has 1 aliphatic rings. The normalized spacial score (nSPS) is 17.0. The van der Waals surface area contributed by atoms with Crippen LogP contribution < -0.4 is 10.6 Å². The number of anilines is 1. The number of nitrogens with zero attached hydrogens (tertiary/aromatic N) is 1. The molecule has 0 unspecified atom stereocenters. The highest BCUT2D eigenvalue weighted by Crippen LogP contribution is 2.39. The van der Waals surface area contributed by atoms with Gasteiger partial charge in [0.25, 0.3) is 0 Å². The fourth-order valence-corrected chi connectivity index (χ4v) is 2.42. The van der Waals surface area contributed by atoms with Gasteiger partial charge in [0, 0.05) is 5.69 Å². The zero-order valence-corrected chi connectivity index (χ0v) is 12.7. The van der Waals surface area contributed by atoms with Crippen molar-refractivity contribution in [1.82, 2.24) is 5.32 Å². The molecule has 7 heteroatoms. The summed E-state index contributed by atoms with van der Waals surface area (Å²) in [6, 6.07) is 7.97. The van der Waals surface area contributed by atoms with Gasteiger partial charge in [-0.05, 0) is 43.4 Å². The topological polar surface area (TPSA) is 64.9 Å². The van der Waals surface area contributed by atoms with Crippen LogP contribution in [0.4, 0.5) is 18.9 Å². The van der Waals surface area contributed by atoms with E-state index in [0.717, 1.165) is 12.8 Å². The number of hydrogen-bond acceptors (Lipinski definition) is 3. The first-order chi connectivity index (χ1) is 10.7. The molecule has 2 rings (SSSR count). The van der Waals surface area contributed by atoms with Crippen molar-refractivity contribution >= 4 is 11.6 Å². The highest BCUT2D eigenvalue weighted by atomic mass is 19.4. The summed E-state index contributed by atoms with van der Waals surface area (Å²) in [5.41, 5.74) is -0.314. The maximum Gasteiger partial charge on any atom is 0.393 e. The highest BCUT2D eigenvalue weighted by Gasteiger charge is 2.42. The number of nitrogens with one attached hydrogen (secondary N) is 2. The third-order valence-corrected chi connectivity index (χ3v) is 3.81. The van der Waals surface area contributed by atoms with Gasteiger partial charge in [-0.2, -0.15) is 18.4 Å². The van der Waals surface area contributed by atoms with Crippen molar-refractivity contribution in [3.63, 3.8) is 0 Å². The highest BCUT2D eigenvalue weighted by molar-refractivity contribution is 5.82. The van der Waals surface area contributed by atoms with Crippen molar-refractivity contribution in [2.75, 3.05) is 11.9 Å². The predicted molar refractivity (Wildman–Crippen MR) is 79.6 cm³/mol. The third-order valence-electron chi connectivity index (χ3n) is 3.81. The smallest absolute Gasteiger partial charge is 0.376 e. The number of carbonyl (C=O) groups is 1. The van der Waals surface area contributed by atoms with E-state index in [1.54, 1.807) is 13.0 Å². The molecule has 0 heterocycles. The Morgan fingerprint density at radius 3 is 2.65 bits per heavy atom. The largest absolute Gasteiger partial charge is 0.393 e. The maximum atomic E-state index is 12.4. The molecule has 1 fully saturated rings. The fourth-order valence-electron chi connectivity index (χ4n) is 2.42. The van der Waals surface area contributed by atoms with Gasteiger partial charge in [0.15, 0.2) is 0 Å². The Morgan fingerprint density at radius 2 is 2.09 bits per heavy atom. The number of hydrogen-bond donors (Lipinski definition) is 2. The van der Waals surface area contributed by atoms with E-state index in [9.17, 15) is 23.2 Å². The number of carbonyl (C=O) groups excluding carboxylic acids is 1. The second-order valence-corrected chi connectivity index (χ2v) is 5.98. The Hall–Kier alpha value is -2.23. The molecule has 0 spiro atoms. The lowest BCUT2D eigenvalue weighted by Gasteiger charge is -2.23. The van der Waals surface area contributed by atoms with Crippen LogP contribution in [-0.2, 0) is 11.2 Å². The standard InChI is InChI=1S/C16H18F3N3O/c1-15(10-20,12-5-6-12)22-14(23)9-21-13-4-2-3-11(7-13)8-16(17,18)19/h2-4,7,12,21H,5-6,8-9H2,1H3,(H,22,23)/t15-/m1/s1. The van der Waals surface area contributed by atoms with Crippen molar-refractivity contribution in [2.45, 2.75) is 37.9 Å². The van der Waals surface area contributed by atoms with Crippen molar-refractivity contribution in [1.29, 1.82) is 5.26 Å². The Labute approximate surface area is 132 Å². The van der Waals surface area contributed by atoms with E-state index in [-0.39, 0.29) is 23.9 Å². The number of rotatable bonds is 6. The Balaban J connectivity index is 1.89. The molecule has 1 aromatic rings. The molecule has 2 N–H and O–H groups in total. The van der Waals surface area contributed by atoms with E-state index in [1.807, 2.05) is 0 Å². The molecule has 0 aromatic heterocycles. The first kappa shape index (κ1) is 17.1. The molecule has 124 valence electrons. The van der Waals surface area contributed by atoms with E-state index in [4.69, 9.17) is 0 Å². The van der Waals surface area contributed by atoms with E-state index in [2.05, 4.69) is 16.7 Å². The van der Waals surface area contributed by atoms with Gasteiger partial charge in [0.2, 0.25) is 5.91 Å². The van der Waals surface area contributed by atoms with E-state index in [1.165, 1.54) is 18.2 Å². The van der Waals surface area contributed by atoms with Gasteiger partial charge in [-0.15, -0.1) is 0 Å². The summed E-state index contributed by atoms with van der Waals surface area (Å²) in [5, 5.41) is 14.7. The molecular formula is C16H18F3N3O. The lowest BCUT2D eigenvalue weighted by Crippen LogP contribution is -2.48. The second-order valence-electron chi connectivity index (χ2n) is 5.98. The van der Waals surface area contributed by atoms with Crippen LogP contribution in [0.2, 0.25) is 0 Å². The van der Waals surface area contributed by atoms with Crippen molar-refractivity contribution in [2.24, 2.45) is 5.92 Å². The zero-order valence-electron chi connectivity index (χ0n) is 12.7. The first-order valence-corrected chi connectivity index (χ1v) is 7.34. The molecule has 0 bridgehead atoms. The van der Waals surface area contributed by atoms with Gasteiger partial charge in [-0.3, -0.25) is 4.79 Å². The van der Waals surface area contributed by atoms with Crippen LogP contribution in [0.1, 0.15) is 25.3 Å². The van der Waals surface area contributed by atoms with Crippen LogP contribution in [0.3, 0.4) is 0 Å². The summed E-state index contributed by atoms with van der Waals surface area (Å²) >= 11 is 0. The zero-order chi connectivity index (χ0) is 17.1. The van der Waals surface area contributed by atoms with Crippen LogP contribution in [0.25, 0.3) is 0 Å². The minimum absolute atomic E-state index is 0.0978. The lowest BCUT2D eigenvalue weighted by molar-refractivity contribution is -0.127. The van der Waals surface area contributed by atoms with Crippen molar-refractivity contribution in [3.8, 4) is 6.07 Å². The third kappa shape index (κ3) is 5.16. The Morgan fingerprint density at radius 1 is 1.39 bits per heavy atom. The summed E-state index contributed by atoms with van der Waals surface area (Å²) in [6.07, 6.45) is -3.45. The van der Waals surface area contributed by atoms with Gasteiger partial charge in [-0.1, -0.05) is 12.1 Å². The molecule has 1 amide bonds. The minimum Gasteiger partial charge on any atom is -0.376 e. The second kappa shape index (κ2) is 6.49. The van der Waals surface area contributed by atoms with E-state index >= 15 is 0 Å². The van der Waals surface area contributed by atoms with E-state index in [0.29, 0.717) is 5.69 Å². The van der Waals surface area contributed by atoms with Gasteiger partial charge >= 0.3 is 6.18 Å². The summed E-state index contributed by atoms with van der Waals surface area (Å²) in [6.45, 7) is 1.59. The Kier molecular flexibility index (Phi) is 4.83. The molecule has 0 saturated heterocycles. The molecule has 23 heavy (non-hydrogen) atoms. The average Bonchev–Trinajstić information content (AvgIpc) is 3.28. The molecule has 1 aliphatic carbocycles. The quantitative estimate of drug-likeness (QED) is 0.845. The molecule has 1 atom stereocenters. The SMILES string of the molecule is C[C@](C#N)(NC(=O)CNc1cccc(CC(F)(F)F)c1)C1CC1. The molecule has 1 saturated carbocycles. The van der Waals surface area contributed by atoms with Gasteiger partial charge in [0.1, 0.15) is 5.54 Å². The number of alkyl halides is 3.